The van der Waals surface area contributed by atoms with Crippen LogP contribution in [-0.2, 0) is 9.05 Å². The van der Waals surface area contributed by atoms with E-state index in [9.17, 15) is 8.42 Å². The molecule has 1 rings (SSSR count). The fourth-order valence-corrected chi connectivity index (χ4v) is 3.57. The predicted octanol–water partition coefficient (Wildman–Crippen LogP) is 2.64. The van der Waals surface area contributed by atoms with Gasteiger partial charge in [-0.15, -0.1) is 11.3 Å². The first kappa shape index (κ1) is 9.32. The van der Waals surface area contributed by atoms with Gasteiger partial charge in [-0.3, -0.25) is 0 Å². The molecule has 1 aromatic heterocycles. The summed E-state index contributed by atoms with van der Waals surface area (Å²) in [4.78, 5) is 0.721. The second kappa shape index (κ2) is 2.94. The van der Waals surface area contributed by atoms with Crippen LogP contribution < -0.4 is 0 Å². The Morgan fingerprint density at radius 1 is 1.55 bits per heavy atom. The van der Waals surface area contributed by atoms with E-state index in [2.05, 4.69) is 0 Å². The van der Waals surface area contributed by atoms with Gasteiger partial charge in [0.25, 0.3) is 9.05 Å². The minimum absolute atomic E-state index is 0.106. The summed E-state index contributed by atoms with van der Waals surface area (Å²) in [6.07, 6.45) is 0. The first-order chi connectivity index (χ1) is 4.91. The van der Waals surface area contributed by atoms with E-state index >= 15 is 0 Å². The van der Waals surface area contributed by atoms with E-state index < -0.39 is 9.05 Å². The third-order valence-electron chi connectivity index (χ3n) is 1.10. The summed E-state index contributed by atoms with van der Waals surface area (Å²) >= 11 is 6.77. The zero-order chi connectivity index (χ0) is 8.65. The van der Waals surface area contributed by atoms with E-state index in [-0.39, 0.29) is 4.90 Å². The SMILES string of the molecule is Cc1sc(Cl)cc1S(=O)(=O)Cl. The van der Waals surface area contributed by atoms with Crippen molar-refractivity contribution in [2.45, 2.75) is 11.8 Å². The highest BCUT2D eigenvalue weighted by Gasteiger charge is 2.15. The first-order valence-electron chi connectivity index (χ1n) is 2.62. The molecule has 0 aromatic carbocycles. The van der Waals surface area contributed by atoms with E-state index in [1.54, 1.807) is 6.92 Å². The maximum absolute atomic E-state index is 10.8. The van der Waals surface area contributed by atoms with Gasteiger partial charge in [-0.1, -0.05) is 11.6 Å². The molecule has 0 spiro atoms. The van der Waals surface area contributed by atoms with Gasteiger partial charge in [-0.25, -0.2) is 8.42 Å². The number of hydrogen-bond acceptors (Lipinski definition) is 3. The lowest BCUT2D eigenvalue weighted by Crippen LogP contribution is -1.88. The molecule has 0 unspecified atom stereocenters. The van der Waals surface area contributed by atoms with Crippen molar-refractivity contribution in [1.82, 2.24) is 0 Å². The van der Waals surface area contributed by atoms with Gasteiger partial charge in [0.05, 0.1) is 9.23 Å². The van der Waals surface area contributed by atoms with Crippen molar-refractivity contribution >= 4 is 42.7 Å². The highest BCUT2D eigenvalue weighted by molar-refractivity contribution is 8.13. The normalized spacial score (nSPS) is 11.9. The zero-order valence-corrected chi connectivity index (χ0v) is 8.61. The Balaban J connectivity index is 3.36. The van der Waals surface area contributed by atoms with Crippen LogP contribution in [0.2, 0.25) is 4.34 Å². The standard InChI is InChI=1S/C5H4Cl2O2S2/c1-3-4(11(7,8)9)2-5(6)10-3/h2H,1H3. The Hall–Kier alpha value is 0.230. The van der Waals surface area contributed by atoms with Gasteiger partial charge in [0.15, 0.2) is 0 Å². The van der Waals surface area contributed by atoms with Gasteiger partial charge in [-0.2, -0.15) is 0 Å². The molecule has 2 nitrogen and oxygen atoms in total. The van der Waals surface area contributed by atoms with E-state index in [4.69, 9.17) is 22.3 Å². The lowest BCUT2D eigenvalue weighted by Gasteiger charge is -1.89. The third-order valence-corrected chi connectivity index (χ3v) is 3.86. The average molecular weight is 231 g/mol. The first-order valence-corrected chi connectivity index (χ1v) is 6.12. The number of thiophene rings is 1. The molecule has 0 aliphatic rings. The summed E-state index contributed by atoms with van der Waals surface area (Å²) in [5, 5.41) is 0. The van der Waals surface area contributed by atoms with E-state index in [1.165, 1.54) is 17.4 Å². The van der Waals surface area contributed by atoms with E-state index in [0.29, 0.717) is 9.21 Å². The summed E-state index contributed by atoms with van der Waals surface area (Å²) in [5.74, 6) is 0. The van der Waals surface area contributed by atoms with Crippen LogP contribution in [0.4, 0.5) is 0 Å². The monoisotopic (exact) mass is 230 g/mol. The van der Waals surface area contributed by atoms with Crippen molar-refractivity contribution in [2.24, 2.45) is 0 Å². The fraction of sp³-hybridized carbons (Fsp3) is 0.200. The lowest BCUT2D eigenvalue weighted by atomic mass is 10.5. The molecule has 0 fully saturated rings. The van der Waals surface area contributed by atoms with Gasteiger partial charge in [0.2, 0.25) is 0 Å². The van der Waals surface area contributed by atoms with Crippen LogP contribution in [0.5, 0.6) is 0 Å². The molecular formula is C5H4Cl2O2S2. The molecule has 0 atom stereocenters. The summed E-state index contributed by atoms with van der Waals surface area (Å²) in [5.41, 5.74) is 0. The largest absolute Gasteiger partial charge is 0.262 e. The van der Waals surface area contributed by atoms with E-state index in [1.807, 2.05) is 0 Å². The maximum Gasteiger partial charge on any atom is 0.262 e. The number of halogens is 2. The average Bonchev–Trinajstić information content (AvgIpc) is 2.08. The van der Waals surface area contributed by atoms with Crippen molar-refractivity contribution in [1.29, 1.82) is 0 Å². The Morgan fingerprint density at radius 2 is 2.09 bits per heavy atom. The topological polar surface area (TPSA) is 34.1 Å². The van der Waals surface area contributed by atoms with Crippen LogP contribution in [0.25, 0.3) is 0 Å². The minimum Gasteiger partial charge on any atom is -0.207 e. The number of rotatable bonds is 1. The molecule has 0 bridgehead atoms. The minimum atomic E-state index is -3.61. The van der Waals surface area contributed by atoms with Crippen LogP contribution >= 0.6 is 33.6 Å². The molecule has 1 heterocycles. The Bertz CT molecular complexity index is 366. The molecule has 0 amide bonds. The molecule has 0 radical (unpaired) electrons. The van der Waals surface area contributed by atoms with Gasteiger partial charge < -0.3 is 0 Å². The summed E-state index contributed by atoms with van der Waals surface area (Å²) < 4.78 is 22.0. The molecule has 0 N–H and O–H groups in total. The van der Waals surface area contributed by atoms with Gasteiger partial charge in [0.1, 0.15) is 0 Å². The summed E-state index contributed by atoms with van der Waals surface area (Å²) in [7, 11) is 1.48. The fourth-order valence-electron chi connectivity index (χ4n) is 0.673. The number of aryl methyl sites for hydroxylation is 1. The van der Waals surface area contributed by atoms with Crippen LogP contribution in [-0.4, -0.2) is 8.42 Å². The van der Waals surface area contributed by atoms with Crippen LogP contribution in [0.1, 0.15) is 4.88 Å². The predicted molar refractivity (Wildman–Crippen MR) is 47.1 cm³/mol. The lowest BCUT2D eigenvalue weighted by molar-refractivity contribution is 0.609. The molecule has 0 saturated carbocycles. The second-order valence-corrected chi connectivity index (χ2v) is 6.33. The summed E-state index contributed by atoms with van der Waals surface area (Å²) in [6, 6.07) is 1.35. The quantitative estimate of drug-likeness (QED) is 0.696. The summed E-state index contributed by atoms with van der Waals surface area (Å²) in [6.45, 7) is 1.66. The molecule has 0 saturated heterocycles. The molecule has 1 aromatic rings. The van der Waals surface area contributed by atoms with Crippen molar-refractivity contribution in [3.63, 3.8) is 0 Å². The smallest absolute Gasteiger partial charge is 0.207 e. The van der Waals surface area contributed by atoms with Crippen molar-refractivity contribution < 1.29 is 8.42 Å². The highest BCUT2D eigenvalue weighted by Crippen LogP contribution is 2.30. The van der Waals surface area contributed by atoms with Crippen LogP contribution in [0, 0.1) is 6.92 Å². The molecule has 0 aliphatic heterocycles. The Morgan fingerprint density at radius 3 is 2.27 bits per heavy atom. The molecule has 11 heavy (non-hydrogen) atoms. The molecule has 62 valence electrons. The van der Waals surface area contributed by atoms with E-state index in [0.717, 1.165) is 0 Å². The Labute approximate surface area is 78.2 Å². The van der Waals surface area contributed by atoms with Crippen molar-refractivity contribution in [3.8, 4) is 0 Å². The second-order valence-electron chi connectivity index (χ2n) is 1.91. The van der Waals surface area contributed by atoms with Crippen LogP contribution in [0.3, 0.4) is 0 Å². The van der Waals surface area contributed by atoms with Crippen LogP contribution in [0.15, 0.2) is 11.0 Å². The van der Waals surface area contributed by atoms with Gasteiger partial charge >= 0.3 is 0 Å². The third kappa shape index (κ3) is 2.08. The highest BCUT2D eigenvalue weighted by atomic mass is 35.7. The van der Waals surface area contributed by atoms with Gasteiger partial charge in [0, 0.05) is 15.6 Å². The zero-order valence-electron chi connectivity index (χ0n) is 5.47. The molecule has 0 aliphatic carbocycles. The van der Waals surface area contributed by atoms with Gasteiger partial charge in [-0.05, 0) is 13.0 Å². The molecular weight excluding hydrogens is 227 g/mol. The Kier molecular flexibility index (Phi) is 2.49. The maximum atomic E-state index is 10.8. The molecule has 6 heteroatoms. The van der Waals surface area contributed by atoms with Crippen molar-refractivity contribution in [2.75, 3.05) is 0 Å². The van der Waals surface area contributed by atoms with Crippen molar-refractivity contribution in [3.05, 3.63) is 15.3 Å². The number of hydrogen-bond donors (Lipinski definition) is 0.